The molecule has 2 aromatic rings. The van der Waals surface area contributed by atoms with Gasteiger partial charge in [0.1, 0.15) is 22.9 Å². The van der Waals surface area contributed by atoms with Crippen LogP contribution in [0.2, 0.25) is 10.0 Å². The van der Waals surface area contributed by atoms with Gasteiger partial charge < -0.3 is 21.3 Å². The molecule has 0 bridgehead atoms. The smallest absolute Gasteiger partial charge is 0.293 e. The van der Waals surface area contributed by atoms with Crippen molar-refractivity contribution in [3.8, 4) is 5.75 Å². The zero-order valence-corrected chi connectivity index (χ0v) is 18.9. The minimum absolute atomic E-state index is 0.0696. The Balaban J connectivity index is 0.000000198. The molecule has 2 aliphatic rings. The number of benzene rings is 2. The number of hydrogen-bond donors (Lipinski definition) is 3. The average molecular weight is 505 g/mol. The fraction of sp³-hybridized carbons (Fsp3) is 0.400. The molecule has 0 spiro atoms. The topological polar surface area (TPSA) is 168 Å². The molecule has 0 atom stereocenters. The zero-order valence-electron chi connectivity index (χ0n) is 17.4. The summed E-state index contributed by atoms with van der Waals surface area (Å²) < 4.78 is 18.0. The van der Waals surface area contributed by atoms with E-state index in [1.54, 1.807) is 0 Å². The Kier molecular flexibility index (Phi) is 9.44. The summed E-state index contributed by atoms with van der Waals surface area (Å²) in [6, 6.07) is 4.33. The maximum Gasteiger partial charge on any atom is 0.293 e. The number of nitrogen functional groups attached to an aromatic ring is 2. The quantitative estimate of drug-likeness (QED) is 0.281. The number of nitrogens with two attached hydrogens (primary N) is 2. The molecule has 0 unspecified atom stereocenters. The second-order valence-electron chi connectivity index (χ2n) is 7.56. The van der Waals surface area contributed by atoms with Crippen LogP contribution in [0.25, 0.3) is 0 Å². The van der Waals surface area contributed by atoms with Gasteiger partial charge in [0.2, 0.25) is 0 Å². The van der Waals surface area contributed by atoms with Crippen LogP contribution in [0.5, 0.6) is 5.75 Å². The van der Waals surface area contributed by atoms with E-state index in [4.69, 9.17) is 44.5 Å². The highest BCUT2D eigenvalue weighted by Gasteiger charge is 2.23. The number of nitro groups is 2. The van der Waals surface area contributed by atoms with Crippen LogP contribution in [0.1, 0.15) is 25.7 Å². The first-order valence-corrected chi connectivity index (χ1v) is 10.6. The van der Waals surface area contributed by atoms with Gasteiger partial charge in [-0.25, -0.2) is 4.39 Å². The highest BCUT2D eigenvalue weighted by atomic mass is 35.5. The molecule has 0 amide bonds. The van der Waals surface area contributed by atoms with E-state index in [0.717, 1.165) is 12.1 Å². The Morgan fingerprint density at radius 1 is 0.939 bits per heavy atom. The molecule has 33 heavy (non-hydrogen) atoms. The first-order valence-electron chi connectivity index (χ1n) is 9.89. The third-order valence-electron chi connectivity index (χ3n) is 4.67. The van der Waals surface area contributed by atoms with Crippen LogP contribution in [0.3, 0.4) is 0 Å². The number of aliphatic hydroxyl groups excluding tert-OH is 1. The van der Waals surface area contributed by atoms with Gasteiger partial charge in [-0.3, -0.25) is 20.2 Å². The Labute approximate surface area is 198 Å². The summed E-state index contributed by atoms with van der Waals surface area (Å²) in [4.78, 5) is 19.5. The summed E-state index contributed by atoms with van der Waals surface area (Å²) in [6.07, 6.45) is 4.85. The van der Waals surface area contributed by atoms with Crippen molar-refractivity contribution in [3.05, 3.63) is 60.4 Å². The van der Waals surface area contributed by atoms with E-state index >= 15 is 0 Å². The lowest BCUT2D eigenvalue weighted by Crippen LogP contribution is -2.02. The van der Waals surface area contributed by atoms with Crippen molar-refractivity contribution in [2.24, 2.45) is 11.8 Å². The summed E-state index contributed by atoms with van der Waals surface area (Å²) >= 11 is 11.2. The van der Waals surface area contributed by atoms with E-state index < -0.39 is 15.7 Å². The van der Waals surface area contributed by atoms with Gasteiger partial charge in [0.15, 0.2) is 0 Å². The van der Waals surface area contributed by atoms with Gasteiger partial charge in [-0.1, -0.05) is 23.2 Å². The Morgan fingerprint density at radius 3 is 1.85 bits per heavy atom. The normalized spacial score (nSPS) is 14.3. The maximum absolute atomic E-state index is 12.6. The van der Waals surface area contributed by atoms with Crippen LogP contribution in [-0.4, -0.2) is 28.2 Å². The van der Waals surface area contributed by atoms with Gasteiger partial charge in [-0.15, -0.1) is 0 Å². The lowest BCUT2D eigenvalue weighted by atomic mass is 10.2. The Hall–Kier alpha value is -2.89. The Morgan fingerprint density at radius 2 is 1.42 bits per heavy atom. The predicted molar refractivity (Wildman–Crippen MR) is 123 cm³/mol. The molecule has 10 nitrogen and oxygen atoms in total. The lowest BCUT2D eigenvalue weighted by molar-refractivity contribution is -0.384. The molecule has 0 aromatic heterocycles. The summed E-state index contributed by atoms with van der Waals surface area (Å²) in [7, 11) is 0. The van der Waals surface area contributed by atoms with Crippen LogP contribution >= 0.6 is 23.2 Å². The molecule has 0 heterocycles. The molecule has 2 aromatic carbocycles. The van der Waals surface area contributed by atoms with Crippen LogP contribution in [-0.2, 0) is 0 Å². The van der Waals surface area contributed by atoms with Crippen LogP contribution < -0.4 is 16.2 Å². The average Bonchev–Trinajstić information content (AvgIpc) is 3.65. The molecular formula is C20H23Cl2FN4O6. The number of aliphatic hydroxyl groups is 1. The first-order chi connectivity index (χ1) is 15.5. The molecule has 13 heteroatoms. The van der Waals surface area contributed by atoms with E-state index in [2.05, 4.69) is 0 Å². The van der Waals surface area contributed by atoms with Crippen molar-refractivity contribution in [3.63, 3.8) is 0 Å². The molecule has 0 aliphatic heterocycles. The monoisotopic (exact) mass is 504 g/mol. The van der Waals surface area contributed by atoms with Gasteiger partial charge in [0.25, 0.3) is 11.4 Å². The van der Waals surface area contributed by atoms with Crippen molar-refractivity contribution in [1.29, 1.82) is 0 Å². The largest absolute Gasteiger partial charge is 0.492 e. The molecule has 0 radical (unpaired) electrons. The SMILES string of the molecule is Nc1cc(F)c(Cl)cc1[N+](=O)[O-].Nc1cc(OCC2CC2)c(Cl)cc1[N+](=O)[O-].OCC1CC1. The van der Waals surface area contributed by atoms with Crippen molar-refractivity contribution in [2.75, 3.05) is 24.7 Å². The molecule has 5 N–H and O–H groups in total. The van der Waals surface area contributed by atoms with Gasteiger partial charge >= 0.3 is 0 Å². The number of ether oxygens (including phenoxy) is 1. The maximum atomic E-state index is 12.6. The van der Waals surface area contributed by atoms with Crippen molar-refractivity contribution in [2.45, 2.75) is 25.7 Å². The molecule has 0 saturated heterocycles. The summed E-state index contributed by atoms with van der Waals surface area (Å²) in [5, 5.41) is 28.9. The van der Waals surface area contributed by atoms with Crippen LogP contribution in [0, 0.1) is 37.9 Å². The standard InChI is InChI=1S/C10H11ClN2O3.C6H4ClFN2O2.C4H8O/c11-7-3-9(13(14)15)8(12)4-10(7)16-5-6-1-2-6;7-3-1-6(10(11)12)5(9)2-4(3)8;5-3-4-1-2-4/h3-4,6H,1-2,5,12H2;1-2H,9H2;4-5H,1-3H2. The number of rotatable bonds is 6. The predicted octanol–water partition coefficient (Wildman–Crippen LogP) is 4.98. The van der Waals surface area contributed by atoms with Crippen molar-refractivity contribution < 1.29 is 24.1 Å². The summed E-state index contributed by atoms with van der Waals surface area (Å²) in [5.74, 6) is 0.930. The molecule has 180 valence electrons. The van der Waals surface area contributed by atoms with Crippen molar-refractivity contribution >= 4 is 46.0 Å². The van der Waals surface area contributed by atoms with E-state index in [-0.39, 0.29) is 32.8 Å². The third-order valence-corrected chi connectivity index (χ3v) is 5.26. The minimum Gasteiger partial charge on any atom is -0.492 e. The van der Waals surface area contributed by atoms with Gasteiger partial charge in [0.05, 0.1) is 26.5 Å². The molecule has 2 fully saturated rings. The highest BCUT2D eigenvalue weighted by molar-refractivity contribution is 6.32. The zero-order chi connectivity index (χ0) is 24.7. The fourth-order valence-electron chi connectivity index (χ4n) is 2.33. The van der Waals surface area contributed by atoms with Gasteiger partial charge in [-0.2, -0.15) is 0 Å². The molecule has 4 rings (SSSR count). The number of nitro benzene ring substituents is 2. The molecule has 2 saturated carbocycles. The summed E-state index contributed by atoms with van der Waals surface area (Å²) in [6.45, 7) is 1.01. The number of halogens is 3. The van der Waals surface area contributed by atoms with E-state index in [0.29, 0.717) is 30.8 Å². The third kappa shape index (κ3) is 8.52. The van der Waals surface area contributed by atoms with Gasteiger partial charge in [0, 0.05) is 30.9 Å². The van der Waals surface area contributed by atoms with Crippen molar-refractivity contribution in [1.82, 2.24) is 0 Å². The van der Waals surface area contributed by atoms with Crippen LogP contribution in [0.15, 0.2) is 24.3 Å². The highest BCUT2D eigenvalue weighted by Crippen LogP contribution is 2.36. The van der Waals surface area contributed by atoms with E-state index in [1.165, 1.54) is 37.8 Å². The minimum atomic E-state index is -0.764. The Bertz CT molecular complexity index is 1020. The molecular weight excluding hydrogens is 482 g/mol. The molecule has 2 aliphatic carbocycles. The second-order valence-corrected chi connectivity index (χ2v) is 8.38. The fourth-order valence-corrected chi connectivity index (χ4v) is 2.70. The van der Waals surface area contributed by atoms with E-state index in [9.17, 15) is 24.6 Å². The van der Waals surface area contributed by atoms with Gasteiger partial charge in [-0.05, 0) is 37.5 Å². The lowest BCUT2D eigenvalue weighted by Gasteiger charge is -2.08. The number of nitrogens with zero attached hydrogens (tertiary/aromatic N) is 2. The summed E-state index contributed by atoms with van der Waals surface area (Å²) in [5.41, 5.74) is 9.94. The number of anilines is 2. The number of hydrogen-bond acceptors (Lipinski definition) is 8. The van der Waals surface area contributed by atoms with Crippen LogP contribution in [0.4, 0.5) is 27.1 Å². The first kappa shape index (κ1) is 26.4. The second kappa shape index (κ2) is 11.8. The van der Waals surface area contributed by atoms with E-state index in [1.807, 2.05) is 0 Å².